The van der Waals surface area contributed by atoms with Crippen molar-refractivity contribution in [1.82, 2.24) is 9.80 Å². The van der Waals surface area contributed by atoms with Gasteiger partial charge in [-0.05, 0) is 89.3 Å². The molecule has 4 fully saturated rings. The maximum absolute atomic E-state index is 13.4. The Kier molecular flexibility index (Phi) is 16.2. The number of ether oxygens (including phenoxy) is 4. The van der Waals surface area contributed by atoms with Crippen LogP contribution in [0.15, 0.2) is 60.3 Å². The summed E-state index contributed by atoms with van der Waals surface area (Å²) in [5.74, 6) is -0.248. The Balaban J connectivity index is 1.16. The van der Waals surface area contributed by atoms with Gasteiger partial charge in [0.25, 0.3) is 0 Å². The highest BCUT2D eigenvalue weighted by Crippen LogP contribution is 2.34. The average molecular weight is 721 g/mol. The molecule has 9 nitrogen and oxygen atoms in total. The van der Waals surface area contributed by atoms with Crippen LogP contribution in [0.5, 0.6) is 0 Å². The Morgan fingerprint density at radius 3 is 2.23 bits per heavy atom. The van der Waals surface area contributed by atoms with E-state index in [1.54, 1.807) is 6.08 Å². The lowest BCUT2D eigenvalue weighted by atomic mass is 9.89. The van der Waals surface area contributed by atoms with Crippen LogP contribution in [0.4, 0.5) is 0 Å². The average Bonchev–Trinajstić information content (AvgIpc) is 3.42. The molecule has 7 unspecified atom stereocenters. The van der Waals surface area contributed by atoms with Crippen molar-refractivity contribution in [3.8, 4) is 0 Å². The number of nitrogens with zero attached hydrogens (tertiary/aromatic N) is 2. The number of hydrogen-bond donors (Lipinski definition) is 0. The van der Waals surface area contributed by atoms with E-state index in [2.05, 4.69) is 30.9 Å². The molecule has 52 heavy (non-hydrogen) atoms. The topological polar surface area (TPSA) is 94.6 Å². The van der Waals surface area contributed by atoms with E-state index in [1.807, 2.05) is 41.4 Å². The standard InChI is InChI=1S/C43H64N2O7/c1-32-18-19-33(2)40(16-9-5-4-6-10-17-41(46)45-24-20-35(21-25-45)44-22-11-7-8-12-23-44)52-43(48)31-39-28-34(29-42(47)49-3)27-38(51-39)30-37-15-13-14-36(26-32)50-37/h4-6,9-10,16,18-19,29,32-33,35-40H,7-8,11-15,17,20-28,30-31H2,1-3H3/b5-4-,10-6+,16-9+,19-18+,34-29-. The second-order valence-electron chi connectivity index (χ2n) is 15.7. The molecule has 0 radical (unpaired) electrons. The highest BCUT2D eigenvalue weighted by molar-refractivity contribution is 5.82. The van der Waals surface area contributed by atoms with Gasteiger partial charge in [0.1, 0.15) is 6.10 Å². The molecule has 0 aromatic rings. The number of methoxy groups -OCH3 is 1. The van der Waals surface area contributed by atoms with E-state index in [-0.39, 0.29) is 54.6 Å². The van der Waals surface area contributed by atoms with Crippen molar-refractivity contribution in [3.05, 3.63) is 60.3 Å². The molecular formula is C43H64N2O7. The lowest BCUT2D eigenvalue weighted by Crippen LogP contribution is -2.46. The quantitative estimate of drug-likeness (QED) is 0.116. The first-order valence-corrected chi connectivity index (χ1v) is 20.2. The minimum atomic E-state index is -0.462. The van der Waals surface area contributed by atoms with Crippen LogP contribution in [0.3, 0.4) is 0 Å². The number of carbonyl (C=O) groups excluding carboxylic acids is 3. The summed E-state index contributed by atoms with van der Waals surface area (Å²) in [6.07, 6.45) is 30.7. The molecule has 4 saturated heterocycles. The molecule has 9 heteroatoms. The van der Waals surface area contributed by atoms with Crippen LogP contribution in [0, 0.1) is 11.8 Å². The molecule has 7 atom stereocenters. The predicted molar refractivity (Wildman–Crippen MR) is 203 cm³/mol. The lowest BCUT2D eigenvalue weighted by molar-refractivity contribution is -0.154. The Hall–Kier alpha value is -3.01. The van der Waals surface area contributed by atoms with Crippen LogP contribution in [-0.4, -0.2) is 97.5 Å². The number of allylic oxidation sites excluding steroid dienone is 5. The minimum Gasteiger partial charge on any atom is -0.466 e. The maximum atomic E-state index is 13.4. The molecule has 5 heterocycles. The van der Waals surface area contributed by atoms with Crippen LogP contribution >= 0.6 is 0 Å². The molecule has 0 aromatic heterocycles. The Bertz CT molecular complexity index is 1300. The number of hydrogen-bond acceptors (Lipinski definition) is 8. The van der Waals surface area contributed by atoms with Crippen LogP contribution in [0.1, 0.15) is 110 Å². The first-order valence-electron chi connectivity index (χ1n) is 20.2. The highest BCUT2D eigenvalue weighted by Gasteiger charge is 2.33. The zero-order valence-electron chi connectivity index (χ0n) is 32.0. The molecule has 0 aromatic carbocycles. The van der Waals surface area contributed by atoms with Crippen molar-refractivity contribution in [1.29, 1.82) is 0 Å². The fourth-order valence-corrected chi connectivity index (χ4v) is 8.56. The van der Waals surface area contributed by atoms with Gasteiger partial charge in [0.2, 0.25) is 5.91 Å². The molecule has 288 valence electrons. The van der Waals surface area contributed by atoms with E-state index in [0.717, 1.165) is 63.6 Å². The fourth-order valence-electron chi connectivity index (χ4n) is 8.56. The summed E-state index contributed by atoms with van der Waals surface area (Å²) in [7, 11) is 1.38. The SMILES string of the molecule is COC(=O)/C=C1\CC2CC(=O)OC(/C=C/C=C\C=C\CC(=O)N3CCC(N4CCCCCC4)CC3)C(C)/C=C/C(C)CC3CCCC(CC(C1)O2)O3. The second kappa shape index (κ2) is 21.0. The van der Waals surface area contributed by atoms with Gasteiger partial charge >= 0.3 is 11.9 Å². The van der Waals surface area contributed by atoms with Crippen LogP contribution in [-0.2, 0) is 33.3 Å². The third-order valence-corrected chi connectivity index (χ3v) is 11.4. The summed E-state index contributed by atoms with van der Waals surface area (Å²) in [4.78, 5) is 43.1. The van der Waals surface area contributed by atoms with E-state index in [9.17, 15) is 14.4 Å². The minimum absolute atomic E-state index is 0.0459. The monoisotopic (exact) mass is 720 g/mol. The number of piperidine rings is 1. The van der Waals surface area contributed by atoms with Crippen LogP contribution in [0.2, 0.25) is 0 Å². The van der Waals surface area contributed by atoms with Gasteiger partial charge in [0, 0.05) is 44.0 Å². The van der Waals surface area contributed by atoms with E-state index in [1.165, 1.54) is 45.9 Å². The summed E-state index contributed by atoms with van der Waals surface area (Å²) in [6, 6.07) is 0.627. The summed E-state index contributed by atoms with van der Waals surface area (Å²) in [5.41, 5.74) is 0.934. The lowest BCUT2D eigenvalue weighted by Gasteiger charge is -2.38. The van der Waals surface area contributed by atoms with Gasteiger partial charge in [-0.3, -0.25) is 9.59 Å². The Morgan fingerprint density at radius 1 is 0.788 bits per heavy atom. The van der Waals surface area contributed by atoms with E-state index in [4.69, 9.17) is 18.9 Å². The number of cyclic esters (lactones) is 1. The Morgan fingerprint density at radius 2 is 1.48 bits per heavy atom. The number of likely N-dealkylation sites (tertiary alicyclic amines) is 2. The van der Waals surface area contributed by atoms with Crippen LogP contribution < -0.4 is 0 Å². The van der Waals surface area contributed by atoms with Gasteiger partial charge in [0.05, 0.1) is 37.9 Å². The third-order valence-electron chi connectivity index (χ3n) is 11.4. The molecule has 5 rings (SSSR count). The molecule has 0 aliphatic carbocycles. The summed E-state index contributed by atoms with van der Waals surface area (Å²) < 4.78 is 24.0. The van der Waals surface area contributed by atoms with Crippen LogP contribution in [0.25, 0.3) is 0 Å². The van der Waals surface area contributed by atoms with Gasteiger partial charge in [-0.2, -0.15) is 0 Å². The molecular weight excluding hydrogens is 656 g/mol. The number of fused-ring (bicyclic) bond motifs is 4. The van der Waals surface area contributed by atoms with Gasteiger partial charge in [0.15, 0.2) is 0 Å². The largest absolute Gasteiger partial charge is 0.466 e. The number of esters is 2. The summed E-state index contributed by atoms with van der Waals surface area (Å²) in [6.45, 7) is 8.41. The normalized spacial score (nSPS) is 33.7. The molecule has 0 saturated carbocycles. The molecule has 5 aliphatic rings. The molecule has 5 aliphatic heterocycles. The number of rotatable bonds is 7. The molecule has 0 spiro atoms. The predicted octanol–water partition coefficient (Wildman–Crippen LogP) is 7.42. The first-order chi connectivity index (χ1) is 25.2. The van der Waals surface area contributed by atoms with Crippen molar-refractivity contribution in [2.24, 2.45) is 11.8 Å². The van der Waals surface area contributed by atoms with Gasteiger partial charge in [-0.25, -0.2) is 4.79 Å². The van der Waals surface area contributed by atoms with E-state index >= 15 is 0 Å². The first kappa shape index (κ1) is 40.2. The van der Waals surface area contributed by atoms with E-state index < -0.39 is 6.10 Å². The molecule has 0 N–H and O–H groups in total. The van der Waals surface area contributed by atoms with Gasteiger partial charge in [-0.1, -0.05) is 74.8 Å². The van der Waals surface area contributed by atoms with E-state index in [0.29, 0.717) is 31.2 Å². The molecule has 1 amide bonds. The zero-order valence-corrected chi connectivity index (χ0v) is 32.0. The second-order valence-corrected chi connectivity index (χ2v) is 15.7. The van der Waals surface area contributed by atoms with Crippen molar-refractivity contribution < 1.29 is 33.3 Å². The smallest absolute Gasteiger partial charge is 0.330 e. The van der Waals surface area contributed by atoms with Crippen molar-refractivity contribution in [2.45, 2.75) is 147 Å². The third kappa shape index (κ3) is 13.1. The highest BCUT2D eigenvalue weighted by atomic mass is 16.6. The van der Waals surface area contributed by atoms with Crippen molar-refractivity contribution >= 4 is 17.8 Å². The number of amides is 1. The fraction of sp³-hybridized carbons (Fsp3) is 0.698. The maximum Gasteiger partial charge on any atom is 0.330 e. The molecule has 4 bridgehead atoms. The Labute approximate surface area is 312 Å². The van der Waals surface area contributed by atoms with Gasteiger partial charge in [-0.15, -0.1) is 0 Å². The van der Waals surface area contributed by atoms with Crippen molar-refractivity contribution in [2.75, 3.05) is 33.3 Å². The summed E-state index contributed by atoms with van der Waals surface area (Å²) >= 11 is 0. The van der Waals surface area contributed by atoms with Gasteiger partial charge < -0.3 is 28.7 Å². The van der Waals surface area contributed by atoms with Crippen molar-refractivity contribution in [3.63, 3.8) is 0 Å². The zero-order chi connectivity index (χ0) is 36.7. The number of carbonyl (C=O) groups is 3. The summed E-state index contributed by atoms with van der Waals surface area (Å²) in [5, 5.41) is 0.